The summed E-state index contributed by atoms with van der Waals surface area (Å²) < 4.78 is 0. The van der Waals surface area contributed by atoms with Crippen LogP contribution < -0.4 is 5.32 Å². The summed E-state index contributed by atoms with van der Waals surface area (Å²) in [6, 6.07) is 0. The molecule has 0 aromatic rings. The highest BCUT2D eigenvalue weighted by Gasteiger charge is 1.78. The van der Waals surface area contributed by atoms with Gasteiger partial charge in [-0.25, -0.2) is 0 Å². The fourth-order valence-electron chi connectivity index (χ4n) is 0.316. The molecule has 0 atom stereocenters. The van der Waals surface area contributed by atoms with Crippen LogP contribution in [0.15, 0.2) is 25.1 Å². The average Bonchev–Trinajstić information content (AvgIpc) is 1.66. The summed E-state index contributed by atoms with van der Waals surface area (Å²) in [5.41, 5.74) is 0. The lowest BCUT2D eigenvalue weighted by molar-refractivity contribution is 0.824. The Labute approximate surface area is 51.1 Å². The molecule has 0 spiro atoms. The van der Waals surface area contributed by atoms with Gasteiger partial charge in [-0.2, -0.15) is 0 Å². The monoisotopic (exact) mass is 111 g/mol. The Hall–Kier alpha value is -0.720. The van der Waals surface area contributed by atoms with Gasteiger partial charge >= 0.3 is 0 Å². The third-order valence-electron chi connectivity index (χ3n) is 0.695. The molecule has 0 bridgehead atoms. The summed E-state index contributed by atoms with van der Waals surface area (Å²) in [6.45, 7) is 7.75. The third kappa shape index (κ3) is 5.28. The Morgan fingerprint density at radius 3 is 2.50 bits per heavy atom. The number of rotatable bonds is 3. The molecule has 8 heavy (non-hydrogen) atoms. The molecule has 0 aliphatic carbocycles. The van der Waals surface area contributed by atoms with Crippen molar-refractivity contribution in [2.75, 3.05) is 0 Å². The molecule has 0 unspecified atom stereocenters. The molecule has 0 aromatic heterocycles. The van der Waals surface area contributed by atoms with E-state index in [1.165, 1.54) is 0 Å². The molecule has 0 saturated carbocycles. The first kappa shape index (κ1) is 7.28. The Bertz CT molecular complexity index is 82.4. The van der Waals surface area contributed by atoms with Crippen molar-refractivity contribution in [2.24, 2.45) is 5.92 Å². The van der Waals surface area contributed by atoms with Crippen molar-refractivity contribution in [3.8, 4) is 0 Å². The molecule has 0 aromatic carbocycles. The largest absolute Gasteiger partial charge is 0.369 e. The molecule has 1 N–H and O–H groups in total. The number of hydrogen-bond acceptors (Lipinski definition) is 1. The minimum atomic E-state index is 0.613. The van der Waals surface area contributed by atoms with Crippen LogP contribution in [0.1, 0.15) is 13.8 Å². The lowest BCUT2D eigenvalue weighted by atomic mass is 10.2. The minimum absolute atomic E-state index is 0.613. The van der Waals surface area contributed by atoms with Crippen molar-refractivity contribution in [3.05, 3.63) is 25.1 Å². The van der Waals surface area contributed by atoms with Gasteiger partial charge in [-0.15, -0.1) is 0 Å². The molecule has 1 nitrogen and oxygen atoms in total. The summed E-state index contributed by atoms with van der Waals surface area (Å²) in [5.74, 6) is 0.613. The van der Waals surface area contributed by atoms with Crippen molar-refractivity contribution in [1.29, 1.82) is 0 Å². The first-order valence-corrected chi connectivity index (χ1v) is 2.81. The van der Waals surface area contributed by atoms with Gasteiger partial charge < -0.3 is 5.32 Å². The molecule has 0 amide bonds. The highest BCUT2D eigenvalue weighted by atomic mass is 14.8. The summed E-state index contributed by atoms with van der Waals surface area (Å²) in [4.78, 5) is 0. The first-order chi connectivity index (χ1) is 3.77. The van der Waals surface area contributed by atoms with Crippen LogP contribution >= 0.6 is 0 Å². The van der Waals surface area contributed by atoms with Gasteiger partial charge in [0.15, 0.2) is 0 Å². The second kappa shape index (κ2) is 4.44. The van der Waals surface area contributed by atoms with Crippen LogP contribution in [-0.4, -0.2) is 0 Å². The van der Waals surface area contributed by atoms with E-state index in [0.717, 1.165) is 0 Å². The van der Waals surface area contributed by atoms with E-state index in [1.54, 1.807) is 6.20 Å². The van der Waals surface area contributed by atoms with Crippen LogP contribution in [0.5, 0.6) is 0 Å². The average molecular weight is 111 g/mol. The number of nitrogens with one attached hydrogen (secondary N) is 1. The first-order valence-electron chi connectivity index (χ1n) is 2.81. The second-order valence-corrected chi connectivity index (χ2v) is 1.97. The van der Waals surface area contributed by atoms with Gasteiger partial charge in [0, 0.05) is 0 Å². The van der Waals surface area contributed by atoms with Gasteiger partial charge in [-0.3, -0.25) is 0 Å². The predicted molar refractivity (Wildman–Crippen MR) is 37.3 cm³/mol. The maximum atomic E-state index is 3.50. The van der Waals surface area contributed by atoms with Crippen molar-refractivity contribution in [1.82, 2.24) is 5.32 Å². The zero-order valence-electron chi connectivity index (χ0n) is 5.52. The normalized spacial score (nSPS) is 10.4. The van der Waals surface area contributed by atoms with Gasteiger partial charge in [0.1, 0.15) is 0 Å². The molecular weight excluding hydrogens is 98.1 g/mol. The van der Waals surface area contributed by atoms with E-state index in [2.05, 4.69) is 31.8 Å². The number of allylic oxidation sites excluding steroid dienone is 1. The van der Waals surface area contributed by atoms with Crippen molar-refractivity contribution >= 4 is 0 Å². The van der Waals surface area contributed by atoms with E-state index in [1.807, 2.05) is 6.20 Å². The topological polar surface area (TPSA) is 12.0 Å². The minimum Gasteiger partial charge on any atom is -0.369 e. The van der Waals surface area contributed by atoms with Crippen LogP contribution in [0.4, 0.5) is 0 Å². The molecular formula is C7H13N. The maximum Gasteiger partial charge on any atom is -0.00333 e. The van der Waals surface area contributed by atoms with Gasteiger partial charge in [-0.05, 0) is 18.3 Å². The van der Waals surface area contributed by atoms with Gasteiger partial charge in [0.2, 0.25) is 0 Å². The van der Waals surface area contributed by atoms with Crippen molar-refractivity contribution < 1.29 is 0 Å². The SMILES string of the molecule is C=CN/C=C\C(C)C. The van der Waals surface area contributed by atoms with E-state index in [-0.39, 0.29) is 0 Å². The molecule has 1 heteroatoms. The summed E-state index contributed by atoms with van der Waals surface area (Å²) in [6.07, 6.45) is 5.61. The Morgan fingerprint density at radius 1 is 1.50 bits per heavy atom. The zero-order chi connectivity index (χ0) is 6.41. The molecule has 0 aliphatic rings. The smallest absolute Gasteiger partial charge is 0.00333 e. The molecule has 0 radical (unpaired) electrons. The maximum absolute atomic E-state index is 3.50. The lowest BCUT2D eigenvalue weighted by Crippen LogP contribution is -1.90. The van der Waals surface area contributed by atoms with E-state index >= 15 is 0 Å². The summed E-state index contributed by atoms with van der Waals surface area (Å²) >= 11 is 0. The van der Waals surface area contributed by atoms with Crippen LogP contribution in [0.3, 0.4) is 0 Å². The Balaban J connectivity index is 3.19. The number of hydrogen-bond donors (Lipinski definition) is 1. The summed E-state index contributed by atoms with van der Waals surface area (Å²) in [7, 11) is 0. The molecule has 0 rings (SSSR count). The fourth-order valence-corrected chi connectivity index (χ4v) is 0.316. The molecule has 0 heterocycles. The van der Waals surface area contributed by atoms with Gasteiger partial charge in [-0.1, -0.05) is 26.5 Å². The van der Waals surface area contributed by atoms with E-state index in [0.29, 0.717) is 5.92 Å². The summed E-state index contributed by atoms with van der Waals surface area (Å²) in [5, 5.41) is 2.86. The van der Waals surface area contributed by atoms with Crippen LogP contribution in [0.25, 0.3) is 0 Å². The highest BCUT2D eigenvalue weighted by molar-refractivity contribution is 4.85. The standard InChI is InChI=1S/C7H13N/c1-4-8-6-5-7(2)3/h4-8H,1H2,2-3H3/b6-5-. The van der Waals surface area contributed by atoms with Gasteiger partial charge in [0.05, 0.1) is 0 Å². The van der Waals surface area contributed by atoms with E-state index in [4.69, 9.17) is 0 Å². The fraction of sp³-hybridized carbons (Fsp3) is 0.429. The zero-order valence-corrected chi connectivity index (χ0v) is 5.52. The Kier molecular flexibility index (Phi) is 4.04. The second-order valence-electron chi connectivity index (χ2n) is 1.97. The quantitative estimate of drug-likeness (QED) is 0.586. The van der Waals surface area contributed by atoms with E-state index < -0.39 is 0 Å². The van der Waals surface area contributed by atoms with Gasteiger partial charge in [0.25, 0.3) is 0 Å². The van der Waals surface area contributed by atoms with Crippen LogP contribution in [-0.2, 0) is 0 Å². The predicted octanol–water partition coefficient (Wildman–Crippen LogP) is 1.89. The highest BCUT2D eigenvalue weighted by Crippen LogP contribution is 1.90. The molecule has 46 valence electrons. The van der Waals surface area contributed by atoms with Crippen molar-refractivity contribution in [2.45, 2.75) is 13.8 Å². The van der Waals surface area contributed by atoms with Crippen molar-refractivity contribution in [3.63, 3.8) is 0 Å². The lowest BCUT2D eigenvalue weighted by Gasteiger charge is -1.91. The van der Waals surface area contributed by atoms with E-state index in [9.17, 15) is 0 Å². The molecule has 0 aliphatic heterocycles. The van der Waals surface area contributed by atoms with Crippen LogP contribution in [0.2, 0.25) is 0 Å². The third-order valence-corrected chi connectivity index (χ3v) is 0.695. The van der Waals surface area contributed by atoms with Crippen LogP contribution in [0, 0.1) is 5.92 Å². The molecule has 0 fully saturated rings. The molecule has 0 saturated heterocycles. The Morgan fingerprint density at radius 2 is 2.12 bits per heavy atom.